The van der Waals surface area contributed by atoms with Crippen molar-refractivity contribution >= 4 is 47.4 Å². The Bertz CT molecular complexity index is 733. The number of nitrogens with one attached hydrogen (secondary N) is 3. The smallest absolute Gasteiger partial charge is 0.326 e. The Balaban J connectivity index is 5.37. The fourth-order valence-electron chi connectivity index (χ4n) is 2.49. The third kappa shape index (κ3) is 12.1. The van der Waals surface area contributed by atoms with Gasteiger partial charge in [-0.05, 0) is 31.8 Å². The molecule has 15 heteroatoms. The summed E-state index contributed by atoms with van der Waals surface area (Å²) in [6, 6.07) is -5.98. The fourth-order valence-corrected chi connectivity index (χ4v) is 2.96. The molecule has 0 aromatic rings. The van der Waals surface area contributed by atoms with E-state index in [4.69, 9.17) is 15.9 Å². The van der Waals surface area contributed by atoms with Gasteiger partial charge in [-0.15, -0.1) is 0 Å². The monoisotopic (exact) mass is 494 g/mol. The molecule has 3 amide bonds. The molecule has 0 heterocycles. The summed E-state index contributed by atoms with van der Waals surface area (Å²) in [6.45, 7) is 1.15. The van der Waals surface area contributed by atoms with Crippen molar-refractivity contribution in [2.75, 3.05) is 12.0 Å². The van der Waals surface area contributed by atoms with Gasteiger partial charge in [-0.1, -0.05) is 0 Å². The van der Waals surface area contributed by atoms with E-state index in [9.17, 15) is 39.0 Å². The predicted octanol–water partition coefficient (Wildman–Crippen LogP) is -2.67. The van der Waals surface area contributed by atoms with Gasteiger partial charge in [0.25, 0.3) is 0 Å². The number of carboxylic acid groups (broad SMARTS) is 3. The number of carboxylic acids is 3. The Morgan fingerprint density at radius 1 is 0.848 bits per heavy atom. The van der Waals surface area contributed by atoms with Gasteiger partial charge in [0.2, 0.25) is 17.7 Å². The highest BCUT2D eigenvalue weighted by Crippen LogP contribution is 2.04. The highest BCUT2D eigenvalue weighted by molar-refractivity contribution is 7.98. The number of rotatable bonds is 16. The number of amides is 3. The molecule has 0 saturated heterocycles. The molecule has 0 aliphatic rings. The van der Waals surface area contributed by atoms with E-state index in [0.29, 0.717) is 5.75 Å². The topological polar surface area (TPSA) is 245 Å². The van der Waals surface area contributed by atoms with Crippen LogP contribution in [-0.4, -0.2) is 98.3 Å². The Labute approximate surface area is 193 Å². The van der Waals surface area contributed by atoms with Gasteiger partial charge in [0.05, 0.1) is 18.6 Å². The van der Waals surface area contributed by atoms with E-state index in [1.807, 2.05) is 0 Å². The van der Waals surface area contributed by atoms with Crippen molar-refractivity contribution in [3.05, 3.63) is 0 Å². The second kappa shape index (κ2) is 15.0. The summed E-state index contributed by atoms with van der Waals surface area (Å²) >= 11 is 1.35. The van der Waals surface area contributed by atoms with Crippen LogP contribution in [0.1, 0.15) is 32.6 Å². The number of thioether (sulfide) groups is 1. The molecule has 0 aliphatic carbocycles. The van der Waals surface area contributed by atoms with Crippen LogP contribution in [0.25, 0.3) is 0 Å². The highest BCUT2D eigenvalue weighted by Gasteiger charge is 2.33. The molecule has 5 unspecified atom stereocenters. The van der Waals surface area contributed by atoms with Gasteiger partial charge in [-0.25, -0.2) is 4.79 Å². The first-order valence-corrected chi connectivity index (χ1v) is 11.2. The summed E-state index contributed by atoms with van der Waals surface area (Å²) in [7, 11) is 0. The van der Waals surface area contributed by atoms with Gasteiger partial charge in [0.1, 0.15) is 18.1 Å². The Hall–Kier alpha value is -2.91. The van der Waals surface area contributed by atoms with Crippen molar-refractivity contribution in [1.82, 2.24) is 16.0 Å². The number of carbonyl (C=O) groups is 6. The van der Waals surface area contributed by atoms with E-state index in [2.05, 4.69) is 16.0 Å². The van der Waals surface area contributed by atoms with Crippen molar-refractivity contribution in [1.29, 1.82) is 0 Å². The van der Waals surface area contributed by atoms with E-state index in [1.54, 1.807) is 6.26 Å². The number of hydrogen-bond acceptors (Lipinski definition) is 9. The second-order valence-electron chi connectivity index (χ2n) is 7.11. The molecular formula is C18H30N4O10S. The second-order valence-corrected chi connectivity index (χ2v) is 8.09. The van der Waals surface area contributed by atoms with Crippen molar-refractivity contribution in [3.63, 3.8) is 0 Å². The third-order valence-corrected chi connectivity index (χ3v) is 4.95. The maximum atomic E-state index is 12.6. The minimum absolute atomic E-state index is 0.0780. The van der Waals surface area contributed by atoms with E-state index in [0.717, 1.165) is 6.92 Å². The molecule has 188 valence electrons. The molecule has 0 aromatic heterocycles. The maximum Gasteiger partial charge on any atom is 0.326 e. The lowest BCUT2D eigenvalue weighted by atomic mass is 10.1. The number of aliphatic hydroxyl groups excluding tert-OH is 1. The van der Waals surface area contributed by atoms with Gasteiger partial charge < -0.3 is 42.1 Å². The first-order chi connectivity index (χ1) is 15.3. The molecule has 0 fully saturated rings. The first kappa shape index (κ1) is 30.1. The first-order valence-electron chi connectivity index (χ1n) is 9.80. The lowest BCUT2D eigenvalue weighted by molar-refractivity contribution is -0.144. The normalized spacial score (nSPS) is 15.3. The summed E-state index contributed by atoms with van der Waals surface area (Å²) in [6.07, 6.45) is -1.28. The number of aliphatic carboxylic acids is 3. The Kier molecular flexibility index (Phi) is 13.7. The Morgan fingerprint density at radius 2 is 1.42 bits per heavy atom. The van der Waals surface area contributed by atoms with Crippen molar-refractivity contribution < 1.29 is 49.2 Å². The molecule has 14 nitrogen and oxygen atoms in total. The quantitative estimate of drug-likeness (QED) is 0.109. The summed E-state index contributed by atoms with van der Waals surface area (Å²) in [5, 5.41) is 43.2. The summed E-state index contributed by atoms with van der Waals surface area (Å²) < 4.78 is 0. The van der Waals surface area contributed by atoms with Crippen molar-refractivity contribution in [2.24, 2.45) is 5.73 Å². The number of carbonyl (C=O) groups excluding carboxylic acids is 3. The summed E-state index contributed by atoms with van der Waals surface area (Å²) in [5.41, 5.74) is 5.55. The van der Waals surface area contributed by atoms with Crippen LogP contribution in [0.3, 0.4) is 0 Å². The number of hydrogen-bond donors (Lipinski definition) is 8. The average molecular weight is 495 g/mol. The van der Waals surface area contributed by atoms with E-state index in [1.165, 1.54) is 11.8 Å². The predicted molar refractivity (Wildman–Crippen MR) is 115 cm³/mol. The van der Waals surface area contributed by atoms with Gasteiger partial charge in [-0.2, -0.15) is 11.8 Å². The molecule has 0 aromatic carbocycles. The lowest BCUT2D eigenvalue weighted by Crippen LogP contribution is -2.60. The molecule has 0 rings (SSSR count). The molecule has 0 saturated carbocycles. The van der Waals surface area contributed by atoms with Gasteiger partial charge in [-0.3, -0.25) is 24.0 Å². The molecule has 0 radical (unpaired) electrons. The zero-order valence-corrected chi connectivity index (χ0v) is 19.0. The zero-order chi connectivity index (χ0) is 25.7. The summed E-state index contributed by atoms with van der Waals surface area (Å²) in [5.74, 6) is -6.74. The van der Waals surface area contributed by atoms with Crippen molar-refractivity contribution in [3.8, 4) is 0 Å². The van der Waals surface area contributed by atoms with Crippen LogP contribution in [0.5, 0.6) is 0 Å². The van der Waals surface area contributed by atoms with Crippen LogP contribution < -0.4 is 21.7 Å². The number of aliphatic hydroxyl groups is 1. The summed E-state index contributed by atoms with van der Waals surface area (Å²) in [4.78, 5) is 70.2. The molecule has 0 spiro atoms. The van der Waals surface area contributed by atoms with Crippen LogP contribution in [0.15, 0.2) is 0 Å². The SMILES string of the molecule is CSCCC(NC(=O)C(NC(=O)C(CC(=O)O)NC(=O)C(N)CCC(=O)O)C(C)O)C(=O)O. The van der Waals surface area contributed by atoms with Gasteiger partial charge in [0.15, 0.2) is 0 Å². The molecule has 9 N–H and O–H groups in total. The third-order valence-electron chi connectivity index (χ3n) is 4.31. The minimum Gasteiger partial charge on any atom is -0.481 e. The van der Waals surface area contributed by atoms with Crippen LogP contribution in [0.2, 0.25) is 0 Å². The van der Waals surface area contributed by atoms with E-state index in [-0.39, 0.29) is 12.8 Å². The van der Waals surface area contributed by atoms with Crippen LogP contribution in [0, 0.1) is 0 Å². The zero-order valence-electron chi connectivity index (χ0n) is 18.1. The largest absolute Gasteiger partial charge is 0.481 e. The average Bonchev–Trinajstić information content (AvgIpc) is 2.71. The van der Waals surface area contributed by atoms with E-state index >= 15 is 0 Å². The van der Waals surface area contributed by atoms with E-state index < -0.39 is 78.7 Å². The highest BCUT2D eigenvalue weighted by atomic mass is 32.2. The molecule has 33 heavy (non-hydrogen) atoms. The minimum atomic E-state index is -1.70. The molecular weight excluding hydrogens is 464 g/mol. The maximum absolute atomic E-state index is 12.6. The van der Waals surface area contributed by atoms with Crippen molar-refractivity contribution in [2.45, 2.75) is 62.9 Å². The lowest BCUT2D eigenvalue weighted by Gasteiger charge is -2.26. The van der Waals surface area contributed by atoms with Gasteiger partial charge >= 0.3 is 17.9 Å². The Morgan fingerprint density at radius 3 is 1.88 bits per heavy atom. The van der Waals surface area contributed by atoms with Crippen LogP contribution >= 0.6 is 11.8 Å². The molecule has 0 aliphatic heterocycles. The number of nitrogens with two attached hydrogens (primary N) is 1. The van der Waals surface area contributed by atoms with Crippen LogP contribution in [-0.2, 0) is 28.8 Å². The van der Waals surface area contributed by atoms with Gasteiger partial charge in [0, 0.05) is 6.42 Å². The standard InChI is InChI=1S/C18H30N4O10S/c1-8(23)14(17(30)20-10(18(31)32)5-6-33-2)22-16(29)11(7-13(26)27)21-15(28)9(19)3-4-12(24)25/h8-11,14,23H,3-7,19H2,1-2H3,(H,20,30)(H,21,28)(H,22,29)(H,24,25)(H,26,27)(H,31,32). The molecule has 0 bridgehead atoms. The fraction of sp³-hybridized carbons (Fsp3) is 0.667. The molecule has 5 atom stereocenters. The van der Waals surface area contributed by atoms with Crippen LogP contribution in [0.4, 0.5) is 0 Å².